The summed E-state index contributed by atoms with van der Waals surface area (Å²) in [6, 6.07) is 4.12. The summed E-state index contributed by atoms with van der Waals surface area (Å²) in [7, 11) is -3.64. The predicted molar refractivity (Wildman–Crippen MR) is 86.4 cm³/mol. The molecule has 1 unspecified atom stereocenters. The van der Waals surface area contributed by atoms with E-state index in [4.69, 9.17) is 5.11 Å². The fourth-order valence-corrected chi connectivity index (χ4v) is 5.45. The molecule has 8 heteroatoms. The van der Waals surface area contributed by atoms with Crippen LogP contribution in [0, 0.1) is 0 Å². The largest absolute Gasteiger partial charge is 0.478 e. The molecule has 0 spiro atoms. The summed E-state index contributed by atoms with van der Waals surface area (Å²) in [5, 5.41) is 9.40. The van der Waals surface area contributed by atoms with Crippen LogP contribution in [0.15, 0.2) is 27.6 Å². The molecule has 0 aromatic heterocycles. The summed E-state index contributed by atoms with van der Waals surface area (Å²) in [6.45, 7) is 2.97. The van der Waals surface area contributed by atoms with Gasteiger partial charge in [0.05, 0.1) is 10.5 Å². The van der Waals surface area contributed by atoms with Crippen molar-refractivity contribution >= 4 is 43.7 Å². The van der Waals surface area contributed by atoms with Gasteiger partial charge >= 0.3 is 5.97 Å². The van der Waals surface area contributed by atoms with Crippen LogP contribution in [0.4, 0.5) is 0 Å². The highest BCUT2D eigenvalue weighted by Gasteiger charge is 2.30. The third-order valence-corrected chi connectivity index (χ3v) is 7.29. The van der Waals surface area contributed by atoms with Crippen molar-refractivity contribution in [2.45, 2.75) is 23.5 Å². The Bertz CT molecular complexity index is 648. The summed E-state index contributed by atoms with van der Waals surface area (Å²) >= 11 is 4.90. The molecule has 0 bridgehead atoms. The number of aromatic carboxylic acids is 1. The van der Waals surface area contributed by atoms with Gasteiger partial charge in [-0.3, -0.25) is 0 Å². The lowest BCUT2D eigenvalue weighted by Gasteiger charge is -2.31. The molecule has 0 amide bonds. The van der Waals surface area contributed by atoms with Crippen molar-refractivity contribution in [2.24, 2.45) is 0 Å². The van der Waals surface area contributed by atoms with Gasteiger partial charge in [0.2, 0.25) is 10.0 Å². The summed E-state index contributed by atoms with van der Waals surface area (Å²) in [5.74, 6) is -0.389. The second-order valence-electron chi connectivity index (χ2n) is 4.71. The Hall–Kier alpha value is -0.570. The summed E-state index contributed by atoms with van der Waals surface area (Å²) in [5.41, 5.74) is -0.0468. The van der Waals surface area contributed by atoms with Crippen LogP contribution in [-0.4, -0.2) is 47.9 Å². The molecule has 5 nitrogen and oxygen atoms in total. The van der Waals surface area contributed by atoms with Crippen LogP contribution in [0.5, 0.6) is 0 Å². The topological polar surface area (TPSA) is 74.7 Å². The van der Waals surface area contributed by atoms with E-state index < -0.39 is 16.0 Å². The lowest BCUT2D eigenvalue weighted by molar-refractivity contribution is 0.0695. The molecule has 0 aliphatic carbocycles. The smallest absolute Gasteiger partial charge is 0.336 e. The molecule has 0 radical (unpaired) electrons. The number of carboxylic acid groups (broad SMARTS) is 1. The van der Waals surface area contributed by atoms with Crippen LogP contribution in [-0.2, 0) is 10.0 Å². The number of benzene rings is 1. The first kappa shape index (κ1) is 16.8. The van der Waals surface area contributed by atoms with Gasteiger partial charge in [0.1, 0.15) is 0 Å². The molecule has 1 heterocycles. The normalized spacial score (nSPS) is 20.4. The maximum Gasteiger partial charge on any atom is 0.336 e. The van der Waals surface area contributed by atoms with Crippen LogP contribution in [0.25, 0.3) is 0 Å². The number of halogens is 1. The summed E-state index contributed by atoms with van der Waals surface area (Å²) in [4.78, 5) is 11.2. The lowest BCUT2D eigenvalue weighted by Crippen LogP contribution is -2.41. The third-order valence-electron chi connectivity index (χ3n) is 3.36. The molecule has 1 aliphatic heterocycles. The number of rotatable bonds is 4. The highest BCUT2D eigenvalue weighted by atomic mass is 79.9. The van der Waals surface area contributed by atoms with Gasteiger partial charge in [-0.25, -0.2) is 13.2 Å². The molecular formula is C13H16BrNO4S2. The van der Waals surface area contributed by atoms with Crippen molar-refractivity contribution in [1.82, 2.24) is 4.31 Å². The van der Waals surface area contributed by atoms with Crippen LogP contribution < -0.4 is 0 Å². The zero-order chi connectivity index (χ0) is 15.6. The van der Waals surface area contributed by atoms with Gasteiger partial charge in [0.15, 0.2) is 0 Å². The number of carbonyl (C=O) groups is 1. The minimum atomic E-state index is -3.64. The van der Waals surface area contributed by atoms with E-state index in [1.807, 2.05) is 6.92 Å². The molecule has 1 atom stereocenters. The molecule has 21 heavy (non-hydrogen) atoms. The van der Waals surface area contributed by atoms with Crippen LogP contribution in [0.3, 0.4) is 0 Å². The van der Waals surface area contributed by atoms with Crippen LogP contribution in [0.2, 0.25) is 0 Å². The summed E-state index contributed by atoms with van der Waals surface area (Å²) < 4.78 is 27.1. The maximum absolute atomic E-state index is 12.6. The zero-order valence-corrected chi connectivity index (χ0v) is 14.7. The van der Waals surface area contributed by atoms with Crippen molar-refractivity contribution in [3.63, 3.8) is 0 Å². The lowest BCUT2D eigenvalue weighted by atomic mass is 10.2. The van der Waals surface area contributed by atoms with Crippen LogP contribution in [0.1, 0.15) is 23.7 Å². The van der Waals surface area contributed by atoms with E-state index in [0.29, 0.717) is 22.8 Å². The van der Waals surface area contributed by atoms with Crippen molar-refractivity contribution in [3.8, 4) is 0 Å². The van der Waals surface area contributed by atoms with Gasteiger partial charge < -0.3 is 5.11 Å². The molecule has 1 aliphatic rings. The molecule has 1 saturated heterocycles. The molecule has 1 aromatic rings. The monoisotopic (exact) mass is 393 g/mol. The average Bonchev–Trinajstić information content (AvgIpc) is 2.47. The third kappa shape index (κ3) is 3.61. The molecule has 1 N–H and O–H groups in total. The first-order valence-electron chi connectivity index (χ1n) is 6.51. The number of hydrogen-bond acceptors (Lipinski definition) is 4. The number of sulfonamides is 1. The Balaban J connectivity index is 2.35. The minimum Gasteiger partial charge on any atom is -0.478 e. The predicted octanol–water partition coefficient (Wildman–Crippen LogP) is 2.66. The van der Waals surface area contributed by atoms with Crippen molar-refractivity contribution < 1.29 is 18.3 Å². The van der Waals surface area contributed by atoms with Gasteiger partial charge in [0.25, 0.3) is 0 Å². The number of thioether (sulfide) groups is 1. The molecule has 0 saturated carbocycles. The van der Waals surface area contributed by atoms with E-state index in [9.17, 15) is 13.2 Å². The van der Waals surface area contributed by atoms with E-state index >= 15 is 0 Å². The maximum atomic E-state index is 12.6. The SMILES string of the molecule is CCC1CN(S(=O)(=O)c2ccc(Br)c(C(=O)O)c2)CCS1. The Morgan fingerprint density at radius 1 is 1.52 bits per heavy atom. The molecular weight excluding hydrogens is 378 g/mol. The standard InChI is InChI=1S/C13H16BrNO4S2/c1-2-9-8-15(5-6-20-9)21(18,19)10-3-4-12(14)11(7-10)13(16)17/h3-4,7,9H,2,5-6,8H2,1H3,(H,16,17). The number of hydrogen-bond donors (Lipinski definition) is 1. The average molecular weight is 394 g/mol. The van der Waals surface area contributed by atoms with Crippen molar-refractivity contribution in [1.29, 1.82) is 0 Å². The first-order valence-corrected chi connectivity index (χ1v) is 9.79. The van der Waals surface area contributed by atoms with Crippen molar-refractivity contribution in [2.75, 3.05) is 18.8 Å². The van der Waals surface area contributed by atoms with E-state index in [2.05, 4.69) is 15.9 Å². The quantitative estimate of drug-likeness (QED) is 0.850. The Morgan fingerprint density at radius 2 is 2.24 bits per heavy atom. The highest BCUT2D eigenvalue weighted by Crippen LogP contribution is 2.28. The summed E-state index contributed by atoms with van der Waals surface area (Å²) in [6.07, 6.45) is 0.914. The minimum absolute atomic E-state index is 0.0323. The number of nitrogens with zero attached hydrogens (tertiary/aromatic N) is 1. The Kier molecular flexibility index (Phi) is 5.34. The van der Waals surface area contributed by atoms with Crippen LogP contribution >= 0.6 is 27.7 Å². The second-order valence-corrected chi connectivity index (χ2v) is 8.91. The van der Waals surface area contributed by atoms with E-state index in [0.717, 1.165) is 12.2 Å². The molecule has 116 valence electrons. The fourth-order valence-electron chi connectivity index (χ4n) is 2.14. The first-order chi connectivity index (χ1) is 9.86. The van der Waals surface area contributed by atoms with E-state index in [-0.39, 0.29) is 10.5 Å². The van der Waals surface area contributed by atoms with Gasteiger partial charge in [0, 0.05) is 28.6 Å². The zero-order valence-electron chi connectivity index (χ0n) is 11.5. The molecule has 1 fully saturated rings. The Labute approximate surface area is 136 Å². The van der Waals surface area contributed by atoms with Crippen molar-refractivity contribution in [3.05, 3.63) is 28.2 Å². The van der Waals surface area contributed by atoms with Gasteiger partial charge in [-0.1, -0.05) is 6.92 Å². The van der Waals surface area contributed by atoms with E-state index in [1.54, 1.807) is 11.8 Å². The fraction of sp³-hybridized carbons (Fsp3) is 0.462. The van der Waals surface area contributed by atoms with Gasteiger partial charge in [-0.2, -0.15) is 16.1 Å². The Morgan fingerprint density at radius 3 is 2.86 bits per heavy atom. The van der Waals surface area contributed by atoms with Gasteiger partial charge in [-0.15, -0.1) is 0 Å². The highest BCUT2D eigenvalue weighted by molar-refractivity contribution is 9.10. The number of carboxylic acids is 1. The molecule has 2 rings (SSSR count). The second kappa shape index (κ2) is 6.68. The van der Waals surface area contributed by atoms with Gasteiger partial charge in [-0.05, 0) is 40.5 Å². The molecule has 1 aromatic carbocycles. The van der Waals surface area contributed by atoms with E-state index in [1.165, 1.54) is 22.5 Å².